The van der Waals surface area contributed by atoms with Gasteiger partial charge < -0.3 is 10.6 Å². The van der Waals surface area contributed by atoms with Crippen molar-refractivity contribution in [3.8, 4) is 0 Å². The van der Waals surface area contributed by atoms with Crippen LogP contribution in [0.15, 0.2) is 30.3 Å². The molecule has 1 spiro atoms. The van der Waals surface area contributed by atoms with Gasteiger partial charge in [-0.3, -0.25) is 14.5 Å². The quantitative estimate of drug-likeness (QED) is 0.755. The van der Waals surface area contributed by atoms with Gasteiger partial charge in [0.2, 0.25) is 5.91 Å². The van der Waals surface area contributed by atoms with Crippen LogP contribution >= 0.6 is 0 Å². The zero-order valence-electron chi connectivity index (χ0n) is 16.0. The summed E-state index contributed by atoms with van der Waals surface area (Å²) in [6.45, 7) is 1.74. The number of imide groups is 1. The van der Waals surface area contributed by atoms with Gasteiger partial charge in [0.15, 0.2) is 0 Å². The van der Waals surface area contributed by atoms with Crippen molar-refractivity contribution in [2.75, 3.05) is 6.54 Å². The van der Waals surface area contributed by atoms with Crippen LogP contribution in [0.25, 0.3) is 0 Å². The lowest BCUT2D eigenvalue weighted by atomic mass is 9.90. The SMILES string of the molecule is C[C@@H](CCc1ccccc1)NC(=O)CN1C(=O)NC2(CCCCCC2)C1=O. The maximum Gasteiger partial charge on any atom is 0.325 e. The van der Waals surface area contributed by atoms with Gasteiger partial charge in [-0.2, -0.15) is 0 Å². The Morgan fingerprint density at radius 2 is 1.81 bits per heavy atom. The first-order chi connectivity index (χ1) is 13.0. The second-order valence-electron chi connectivity index (χ2n) is 7.81. The van der Waals surface area contributed by atoms with Gasteiger partial charge >= 0.3 is 6.03 Å². The minimum absolute atomic E-state index is 0.0229. The number of carbonyl (C=O) groups is 3. The van der Waals surface area contributed by atoms with Crippen LogP contribution in [0.2, 0.25) is 0 Å². The van der Waals surface area contributed by atoms with E-state index in [2.05, 4.69) is 22.8 Å². The highest BCUT2D eigenvalue weighted by molar-refractivity contribution is 6.09. The van der Waals surface area contributed by atoms with Crippen molar-refractivity contribution in [3.63, 3.8) is 0 Å². The molecule has 1 saturated carbocycles. The Morgan fingerprint density at radius 3 is 2.48 bits per heavy atom. The van der Waals surface area contributed by atoms with E-state index in [-0.39, 0.29) is 24.4 Å². The van der Waals surface area contributed by atoms with Gasteiger partial charge in [-0.05, 0) is 38.2 Å². The van der Waals surface area contributed by atoms with Crippen molar-refractivity contribution in [2.45, 2.75) is 69.9 Å². The molecule has 1 aromatic carbocycles. The summed E-state index contributed by atoms with van der Waals surface area (Å²) in [7, 11) is 0. The van der Waals surface area contributed by atoms with Gasteiger partial charge in [0, 0.05) is 6.04 Å². The van der Waals surface area contributed by atoms with Crippen molar-refractivity contribution < 1.29 is 14.4 Å². The Balaban J connectivity index is 1.51. The molecule has 2 fully saturated rings. The van der Waals surface area contributed by atoms with Crippen molar-refractivity contribution in [1.29, 1.82) is 0 Å². The molecule has 3 rings (SSSR count). The normalized spacial score (nSPS) is 20.3. The summed E-state index contributed by atoms with van der Waals surface area (Å²) < 4.78 is 0. The van der Waals surface area contributed by atoms with Gasteiger partial charge in [0.25, 0.3) is 5.91 Å². The lowest BCUT2D eigenvalue weighted by Gasteiger charge is -2.24. The Kier molecular flexibility index (Phi) is 6.14. The number of aryl methyl sites for hydroxylation is 1. The van der Waals surface area contributed by atoms with Crippen LogP contribution in [0.5, 0.6) is 0 Å². The van der Waals surface area contributed by atoms with Crippen LogP contribution in [0.1, 0.15) is 57.4 Å². The van der Waals surface area contributed by atoms with E-state index >= 15 is 0 Å². The molecule has 0 bridgehead atoms. The topological polar surface area (TPSA) is 78.5 Å². The maximum absolute atomic E-state index is 12.8. The highest BCUT2D eigenvalue weighted by Gasteiger charge is 2.51. The van der Waals surface area contributed by atoms with E-state index in [1.807, 2.05) is 25.1 Å². The zero-order valence-corrected chi connectivity index (χ0v) is 16.0. The third-order valence-corrected chi connectivity index (χ3v) is 5.62. The number of benzene rings is 1. The summed E-state index contributed by atoms with van der Waals surface area (Å²) >= 11 is 0. The van der Waals surface area contributed by atoms with Crippen LogP contribution in [-0.2, 0) is 16.0 Å². The molecule has 1 aliphatic carbocycles. The molecule has 4 amide bonds. The molecule has 0 unspecified atom stereocenters. The van der Waals surface area contributed by atoms with E-state index in [1.54, 1.807) is 0 Å². The average Bonchev–Trinajstić information content (AvgIpc) is 2.83. The third kappa shape index (κ3) is 4.67. The Morgan fingerprint density at radius 1 is 1.15 bits per heavy atom. The van der Waals surface area contributed by atoms with Crippen molar-refractivity contribution >= 4 is 17.8 Å². The molecular formula is C21H29N3O3. The van der Waals surface area contributed by atoms with Gasteiger partial charge in [-0.25, -0.2) is 4.79 Å². The Labute approximate surface area is 160 Å². The van der Waals surface area contributed by atoms with Gasteiger partial charge in [0.05, 0.1) is 0 Å². The average molecular weight is 371 g/mol. The van der Waals surface area contributed by atoms with Crippen LogP contribution in [0.4, 0.5) is 4.79 Å². The summed E-state index contributed by atoms with van der Waals surface area (Å²) in [6.07, 6.45) is 7.06. The van der Waals surface area contributed by atoms with E-state index in [0.717, 1.165) is 43.4 Å². The first kappa shape index (κ1) is 19.4. The molecule has 27 heavy (non-hydrogen) atoms. The minimum Gasteiger partial charge on any atom is -0.352 e. The first-order valence-corrected chi connectivity index (χ1v) is 9.97. The van der Waals surface area contributed by atoms with Crippen LogP contribution < -0.4 is 10.6 Å². The molecule has 146 valence electrons. The highest BCUT2D eigenvalue weighted by Crippen LogP contribution is 2.32. The predicted octanol–water partition coefficient (Wildman–Crippen LogP) is 2.77. The monoisotopic (exact) mass is 371 g/mol. The molecule has 6 heteroatoms. The van der Waals surface area contributed by atoms with Crippen LogP contribution in [-0.4, -0.2) is 40.9 Å². The number of carbonyl (C=O) groups excluding carboxylic acids is 3. The predicted molar refractivity (Wildman–Crippen MR) is 103 cm³/mol. The summed E-state index contributed by atoms with van der Waals surface area (Å²) in [5.41, 5.74) is 0.440. The van der Waals surface area contributed by atoms with E-state index < -0.39 is 11.6 Å². The summed E-state index contributed by atoms with van der Waals surface area (Å²) in [6, 6.07) is 9.65. The number of hydrogen-bond donors (Lipinski definition) is 2. The van der Waals surface area contributed by atoms with E-state index in [9.17, 15) is 14.4 Å². The second kappa shape index (κ2) is 8.55. The number of urea groups is 1. The molecule has 1 aliphatic heterocycles. The smallest absolute Gasteiger partial charge is 0.325 e. The maximum atomic E-state index is 12.8. The standard InChI is InChI=1S/C21H29N3O3/c1-16(11-12-17-9-5-4-6-10-17)22-18(25)15-24-19(26)21(23-20(24)27)13-7-2-3-8-14-21/h4-6,9-10,16H,2-3,7-8,11-15H2,1H3,(H,22,25)(H,23,27)/t16-/m0/s1. The number of hydrogen-bond acceptors (Lipinski definition) is 3. The molecule has 2 aliphatic rings. The number of rotatable bonds is 6. The largest absolute Gasteiger partial charge is 0.352 e. The lowest BCUT2D eigenvalue weighted by molar-refractivity contribution is -0.135. The second-order valence-corrected chi connectivity index (χ2v) is 7.81. The highest BCUT2D eigenvalue weighted by atomic mass is 16.2. The van der Waals surface area contributed by atoms with E-state index in [4.69, 9.17) is 0 Å². The number of nitrogens with zero attached hydrogens (tertiary/aromatic N) is 1. The summed E-state index contributed by atoms with van der Waals surface area (Å²) in [4.78, 5) is 38.6. The molecule has 6 nitrogen and oxygen atoms in total. The fourth-order valence-electron chi connectivity index (χ4n) is 4.05. The fourth-order valence-corrected chi connectivity index (χ4v) is 4.05. The number of amides is 4. The molecular weight excluding hydrogens is 342 g/mol. The molecule has 1 atom stereocenters. The first-order valence-electron chi connectivity index (χ1n) is 9.97. The minimum atomic E-state index is -0.785. The van der Waals surface area contributed by atoms with Crippen molar-refractivity contribution in [1.82, 2.24) is 15.5 Å². The molecule has 0 radical (unpaired) electrons. The number of nitrogens with one attached hydrogen (secondary N) is 2. The lowest BCUT2D eigenvalue weighted by Crippen LogP contribution is -2.47. The third-order valence-electron chi connectivity index (χ3n) is 5.62. The van der Waals surface area contributed by atoms with Gasteiger partial charge in [-0.15, -0.1) is 0 Å². The van der Waals surface area contributed by atoms with E-state index in [0.29, 0.717) is 12.8 Å². The zero-order chi connectivity index (χ0) is 19.3. The molecule has 1 heterocycles. The van der Waals surface area contributed by atoms with Gasteiger partial charge in [0.1, 0.15) is 12.1 Å². The molecule has 1 aromatic rings. The summed E-state index contributed by atoms with van der Waals surface area (Å²) in [5.74, 6) is -0.522. The molecule has 0 aromatic heterocycles. The van der Waals surface area contributed by atoms with E-state index in [1.165, 1.54) is 5.56 Å². The molecule has 1 saturated heterocycles. The van der Waals surface area contributed by atoms with Gasteiger partial charge in [-0.1, -0.05) is 56.0 Å². The summed E-state index contributed by atoms with van der Waals surface area (Å²) in [5, 5.41) is 5.78. The Hall–Kier alpha value is -2.37. The van der Waals surface area contributed by atoms with Crippen molar-refractivity contribution in [3.05, 3.63) is 35.9 Å². The Bertz CT molecular complexity index is 681. The fraction of sp³-hybridized carbons (Fsp3) is 0.571. The van der Waals surface area contributed by atoms with Crippen molar-refractivity contribution in [2.24, 2.45) is 0 Å². The molecule has 2 N–H and O–H groups in total. The van der Waals surface area contributed by atoms with Crippen LogP contribution in [0.3, 0.4) is 0 Å². The van der Waals surface area contributed by atoms with Crippen LogP contribution in [0, 0.1) is 0 Å².